The maximum absolute atomic E-state index is 12.3. The number of rotatable bonds is 4. The molecule has 1 aliphatic heterocycles. The third-order valence-electron chi connectivity index (χ3n) is 4.62. The van der Waals surface area contributed by atoms with Crippen molar-refractivity contribution in [3.63, 3.8) is 0 Å². The minimum absolute atomic E-state index is 0.0103. The molecule has 2 heterocycles. The van der Waals surface area contributed by atoms with Gasteiger partial charge in [0.15, 0.2) is 0 Å². The van der Waals surface area contributed by atoms with Gasteiger partial charge in [0.1, 0.15) is 5.82 Å². The van der Waals surface area contributed by atoms with Gasteiger partial charge in [0.05, 0.1) is 18.4 Å². The summed E-state index contributed by atoms with van der Waals surface area (Å²) in [6.45, 7) is 3.02. The molecule has 6 heteroatoms. The summed E-state index contributed by atoms with van der Waals surface area (Å²) >= 11 is 0. The Bertz CT molecular complexity index is 515. The number of aromatic nitrogens is 2. The van der Waals surface area contributed by atoms with Crippen molar-refractivity contribution in [3.8, 4) is 0 Å². The van der Waals surface area contributed by atoms with Crippen LogP contribution in [-0.4, -0.2) is 33.0 Å². The lowest BCUT2D eigenvalue weighted by Gasteiger charge is -2.17. The molecule has 0 aromatic carbocycles. The molecule has 1 aliphatic carbocycles. The molecule has 2 unspecified atom stereocenters. The predicted molar refractivity (Wildman–Crippen MR) is 73.4 cm³/mol. The maximum Gasteiger partial charge on any atom is 0.233 e. The van der Waals surface area contributed by atoms with Crippen molar-refractivity contribution in [2.45, 2.75) is 32.7 Å². The lowest BCUT2D eigenvalue weighted by atomic mass is 10.00. The average molecular weight is 276 g/mol. The molecule has 2 atom stereocenters. The first-order chi connectivity index (χ1) is 9.60. The largest absolute Gasteiger partial charge is 0.382 e. The minimum Gasteiger partial charge on any atom is -0.382 e. The molecular formula is C14H20N4O2. The number of amides is 2. The van der Waals surface area contributed by atoms with Gasteiger partial charge in [-0.25, -0.2) is 0 Å². The van der Waals surface area contributed by atoms with Gasteiger partial charge in [0.25, 0.3) is 0 Å². The van der Waals surface area contributed by atoms with E-state index in [4.69, 9.17) is 5.73 Å². The lowest BCUT2D eigenvalue weighted by Crippen LogP contribution is -2.35. The highest BCUT2D eigenvalue weighted by Gasteiger charge is 2.51. The highest BCUT2D eigenvalue weighted by Crippen LogP contribution is 2.44. The van der Waals surface area contributed by atoms with Gasteiger partial charge < -0.3 is 5.73 Å². The van der Waals surface area contributed by atoms with Gasteiger partial charge in [-0.05, 0) is 24.8 Å². The second-order valence-electron chi connectivity index (χ2n) is 5.79. The van der Waals surface area contributed by atoms with E-state index >= 15 is 0 Å². The zero-order valence-electron chi connectivity index (χ0n) is 11.7. The number of carbonyl (C=O) groups excluding carboxylic acids is 2. The summed E-state index contributed by atoms with van der Waals surface area (Å²) in [4.78, 5) is 26.1. The first-order valence-corrected chi connectivity index (χ1v) is 7.24. The average Bonchev–Trinajstić information content (AvgIpc) is 3.08. The Morgan fingerprint density at radius 1 is 1.25 bits per heavy atom. The standard InChI is InChI=1S/C14H20N4O2/c1-2-9-7-10-11(8-9)14(20)18(13(10)19)6-5-17-4-3-12(15)16-17/h3-4,9-11H,2,5-8H2,1H3,(H2,15,16). The maximum atomic E-state index is 12.3. The molecule has 3 rings (SSSR count). The summed E-state index contributed by atoms with van der Waals surface area (Å²) < 4.78 is 1.67. The molecule has 1 aromatic rings. The van der Waals surface area contributed by atoms with Crippen molar-refractivity contribution in [2.24, 2.45) is 17.8 Å². The van der Waals surface area contributed by atoms with Crippen LogP contribution in [0.5, 0.6) is 0 Å². The minimum atomic E-state index is -0.0739. The summed E-state index contributed by atoms with van der Waals surface area (Å²) in [6, 6.07) is 1.70. The Balaban J connectivity index is 1.64. The van der Waals surface area contributed by atoms with E-state index in [1.165, 1.54) is 4.90 Å². The first-order valence-electron chi connectivity index (χ1n) is 7.24. The highest BCUT2D eigenvalue weighted by molar-refractivity contribution is 6.05. The molecule has 2 amide bonds. The van der Waals surface area contributed by atoms with Crippen molar-refractivity contribution in [2.75, 3.05) is 12.3 Å². The number of nitrogens with two attached hydrogens (primary N) is 1. The zero-order valence-corrected chi connectivity index (χ0v) is 11.7. The molecule has 1 saturated carbocycles. The van der Waals surface area contributed by atoms with Crippen LogP contribution in [0, 0.1) is 17.8 Å². The zero-order chi connectivity index (χ0) is 14.3. The first kappa shape index (κ1) is 13.1. The molecule has 1 saturated heterocycles. The van der Waals surface area contributed by atoms with Crippen LogP contribution in [0.3, 0.4) is 0 Å². The van der Waals surface area contributed by atoms with Crippen molar-refractivity contribution >= 4 is 17.6 Å². The van der Waals surface area contributed by atoms with Gasteiger partial charge >= 0.3 is 0 Å². The molecular weight excluding hydrogens is 256 g/mol. The highest BCUT2D eigenvalue weighted by atomic mass is 16.2. The smallest absolute Gasteiger partial charge is 0.233 e. The molecule has 0 bridgehead atoms. The van der Waals surface area contributed by atoms with Crippen LogP contribution in [-0.2, 0) is 16.1 Å². The van der Waals surface area contributed by atoms with Gasteiger partial charge in [-0.15, -0.1) is 0 Å². The number of imide groups is 1. The molecule has 2 N–H and O–H groups in total. The van der Waals surface area contributed by atoms with E-state index in [0.29, 0.717) is 24.8 Å². The van der Waals surface area contributed by atoms with Crippen LogP contribution in [0.15, 0.2) is 12.3 Å². The number of fused-ring (bicyclic) bond motifs is 1. The fourth-order valence-corrected chi connectivity index (χ4v) is 3.46. The fraction of sp³-hybridized carbons (Fsp3) is 0.643. The quantitative estimate of drug-likeness (QED) is 0.828. The van der Waals surface area contributed by atoms with E-state index in [-0.39, 0.29) is 23.7 Å². The summed E-state index contributed by atoms with van der Waals surface area (Å²) in [7, 11) is 0. The Hall–Kier alpha value is -1.85. The predicted octanol–water partition coefficient (Wildman–Crippen LogP) is 0.886. The van der Waals surface area contributed by atoms with E-state index in [2.05, 4.69) is 12.0 Å². The SMILES string of the molecule is CCC1CC2C(=O)N(CCn3ccc(N)n3)C(=O)C2C1. The molecule has 20 heavy (non-hydrogen) atoms. The number of hydrogen-bond acceptors (Lipinski definition) is 4. The number of carbonyl (C=O) groups is 2. The summed E-state index contributed by atoms with van der Waals surface area (Å²) in [6.07, 6.45) is 4.56. The molecule has 1 aromatic heterocycles. The Morgan fingerprint density at radius 2 is 1.90 bits per heavy atom. The normalized spacial score (nSPS) is 29.2. The van der Waals surface area contributed by atoms with E-state index in [0.717, 1.165) is 19.3 Å². The van der Waals surface area contributed by atoms with E-state index in [1.807, 2.05) is 0 Å². The fourth-order valence-electron chi connectivity index (χ4n) is 3.46. The molecule has 0 spiro atoms. The monoisotopic (exact) mass is 276 g/mol. The summed E-state index contributed by atoms with van der Waals surface area (Å²) in [5.41, 5.74) is 5.54. The molecule has 6 nitrogen and oxygen atoms in total. The third kappa shape index (κ3) is 2.09. The molecule has 2 fully saturated rings. The molecule has 0 radical (unpaired) electrons. The Labute approximate surface area is 117 Å². The second-order valence-corrected chi connectivity index (χ2v) is 5.79. The van der Waals surface area contributed by atoms with Gasteiger partial charge in [-0.1, -0.05) is 13.3 Å². The van der Waals surface area contributed by atoms with Gasteiger partial charge in [-0.2, -0.15) is 5.10 Å². The van der Waals surface area contributed by atoms with Crippen molar-refractivity contribution in [3.05, 3.63) is 12.3 Å². The number of nitrogen functional groups attached to an aromatic ring is 1. The topological polar surface area (TPSA) is 81.2 Å². The number of likely N-dealkylation sites (tertiary alicyclic amines) is 1. The Kier molecular flexibility index (Phi) is 3.23. The molecule has 108 valence electrons. The van der Waals surface area contributed by atoms with Crippen LogP contribution in [0.2, 0.25) is 0 Å². The second kappa shape index (κ2) is 4.92. The summed E-state index contributed by atoms with van der Waals surface area (Å²) in [5.74, 6) is 0.857. The van der Waals surface area contributed by atoms with Gasteiger partial charge in [-0.3, -0.25) is 19.2 Å². The Morgan fingerprint density at radius 3 is 2.40 bits per heavy atom. The van der Waals surface area contributed by atoms with Crippen molar-refractivity contribution in [1.29, 1.82) is 0 Å². The van der Waals surface area contributed by atoms with E-state index < -0.39 is 0 Å². The van der Waals surface area contributed by atoms with E-state index in [1.54, 1.807) is 16.9 Å². The van der Waals surface area contributed by atoms with Crippen LogP contribution < -0.4 is 5.73 Å². The van der Waals surface area contributed by atoms with Gasteiger partial charge in [0.2, 0.25) is 11.8 Å². The lowest BCUT2D eigenvalue weighted by molar-refractivity contribution is -0.140. The summed E-state index contributed by atoms with van der Waals surface area (Å²) in [5, 5.41) is 4.06. The van der Waals surface area contributed by atoms with Crippen LogP contribution in [0.4, 0.5) is 5.82 Å². The van der Waals surface area contributed by atoms with E-state index in [9.17, 15) is 9.59 Å². The number of nitrogens with zero attached hydrogens (tertiary/aromatic N) is 3. The third-order valence-corrected chi connectivity index (χ3v) is 4.62. The van der Waals surface area contributed by atoms with Crippen LogP contribution in [0.25, 0.3) is 0 Å². The number of anilines is 1. The van der Waals surface area contributed by atoms with Gasteiger partial charge in [0, 0.05) is 12.7 Å². The molecule has 2 aliphatic rings. The van der Waals surface area contributed by atoms with Crippen LogP contribution >= 0.6 is 0 Å². The van der Waals surface area contributed by atoms with Crippen molar-refractivity contribution < 1.29 is 9.59 Å². The van der Waals surface area contributed by atoms with Crippen molar-refractivity contribution in [1.82, 2.24) is 14.7 Å². The van der Waals surface area contributed by atoms with Crippen LogP contribution in [0.1, 0.15) is 26.2 Å². The number of hydrogen-bond donors (Lipinski definition) is 1.